The Morgan fingerprint density at radius 1 is 1.33 bits per heavy atom. The number of nitrogens with one attached hydrogen (secondary N) is 1. The van der Waals surface area contributed by atoms with Crippen LogP contribution in [0.2, 0.25) is 0 Å². The normalized spacial score (nSPS) is 15.8. The number of anilines is 2. The Morgan fingerprint density at radius 2 is 2.04 bits per heavy atom. The molecule has 2 N–H and O–H groups in total. The van der Waals surface area contributed by atoms with Crippen molar-refractivity contribution in [1.29, 1.82) is 0 Å². The maximum Gasteiger partial charge on any atom is 0.267 e. The highest BCUT2D eigenvalue weighted by Crippen LogP contribution is 2.29. The topological polar surface area (TPSA) is 65.5 Å². The lowest BCUT2D eigenvalue weighted by Crippen LogP contribution is -2.36. The lowest BCUT2D eigenvalue weighted by Gasteiger charge is -2.32. The molecular weight excluding hydrogens is 322 g/mol. The first-order valence-electron chi connectivity index (χ1n) is 8.33. The first kappa shape index (κ1) is 16.9. The van der Waals surface area contributed by atoms with Gasteiger partial charge in [0.1, 0.15) is 4.88 Å². The Morgan fingerprint density at radius 3 is 2.71 bits per heavy atom. The number of aliphatic hydroxyl groups excluding tert-OH is 1. The van der Waals surface area contributed by atoms with Crippen molar-refractivity contribution in [3.8, 4) is 0 Å². The van der Waals surface area contributed by atoms with Gasteiger partial charge in [-0.05, 0) is 25.0 Å². The largest absolute Gasteiger partial charge is 0.393 e. The summed E-state index contributed by atoms with van der Waals surface area (Å²) < 4.78 is 0. The summed E-state index contributed by atoms with van der Waals surface area (Å²) in [6, 6.07) is 7.83. The third-order valence-corrected chi connectivity index (χ3v) is 5.50. The van der Waals surface area contributed by atoms with E-state index in [1.807, 2.05) is 24.3 Å². The summed E-state index contributed by atoms with van der Waals surface area (Å²) in [5.41, 5.74) is 1.81. The quantitative estimate of drug-likeness (QED) is 0.890. The second kappa shape index (κ2) is 7.32. The van der Waals surface area contributed by atoms with Crippen molar-refractivity contribution in [2.45, 2.75) is 38.7 Å². The summed E-state index contributed by atoms with van der Waals surface area (Å²) in [7, 11) is 0. The molecule has 0 aliphatic carbocycles. The van der Waals surface area contributed by atoms with Gasteiger partial charge in [0, 0.05) is 19.0 Å². The van der Waals surface area contributed by atoms with Gasteiger partial charge in [-0.2, -0.15) is 0 Å². The maximum absolute atomic E-state index is 12.5. The van der Waals surface area contributed by atoms with Crippen LogP contribution in [-0.2, 0) is 0 Å². The molecule has 1 aliphatic rings. The fourth-order valence-corrected chi connectivity index (χ4v) is 3.62. The Labute approximate surface area is 146 Å². The molecule has 5 nitrogen and oxygen atoms in total. The SMILES string of the molecule is CC(C)c1ncc(C(=O)Nc2ccccc2N2CCC(O)CC2)s1. The highest BCUT2D eigenvalue weighted by Gasteiger charge is 2.20. The number of rotatable bonds is 4. The molecule has 2 aromatic rings. The average molecular weight is 345 g/mol. The van der Waals surface area contributed by atoms with Gasteiger partial charge in [-0.15, -0.1) is 11.3 Å². The molecule has 0 radical (unpaired) electrons. The number of carbonyl (C=O) groups is 1. The molecule has 1 aromatic carbocycles. The van der Waals surface area contributed by atoms with E-state index in [1.165, 1.54) is 11.3 Å². The molecule has 2 heterocycles. The number of benzene rings is 1. The zero-order chi connectivity index (χ0) is 17.1. The number of para-hydroxylation sites is 2. The van der Waals surface area contributed by atoms with E-state index in [1.54, 1.807) is 6.20 Å². The van der Waals surface area contributed by atoms with Crippen molar-refractivity contribution in [2.75, 3.05) is 23.3 Å². The average Bonchev–Trinajstić information content (AvgIpc) is 3.07. The van der Waals surface area contributed by atoms with E-state index in [4.69, 9.17) is 0 Å². The van der Waals surface area contributed by atoms with E-state index >= 15 is 0 Å². The smallest absolute Gasteiger partial charge is 0.267 e. The molecule has 1 aromatic heterocycles. The minimum atomic E-state index is -0.213. The highest BCUT2D eigenvalue weighted by molar-refractivity contribution is 7.13. The monoisotopic (exact) mass is 345 g/mol. The van der Waals surface area contributed by atoms with Crippen LogP contribution in [0, 0.1) is 0 Å². The Hall–Kier alpha value is -1.92. The number of aliphatic hydroxyl groups is 1. The molecule has 0 atom stereocenters. The van der Waals surface area contributed by atoms with Crippen LogP contribution in [0.3, 0.4) is 0 Å². The van der Waals surface area contributed by atoms with Gasteiger partial charge in [0.15, 0.2) is 0 Å². The molecule has 0 saturated carbocycles. The molecule has 128 valence electrons. The lowest BCUT2D eigenvalue weighted by atomic mass is 10.1. The van der Waals surface area contributed by atoms with E-state index in [-0.39, 0.29) is 12.0 Å². The fourth-order valence-electron chi connectivity index (χ4n) is 2.81. The molecule has 0 spiro atoms. The summed E-state index contributed by atoms with van der Waals surface area (Å²) in [6.07, 6.45) is 2.95. The van der Waals surface area contributed by atoms with Crippen LogP contribution >= 0.6 is 11.3 Å². The van der Waals surface area contributed by atoms with Gasteiger partial charge in [0.2, 0.25) is 0 Å². The number of nitrogens with zero attached hydrogens (tertiary/aromatic N) is 2. The van der Waals surface area contributed by atoms with Gasteiger partial charge >= 0.3 is 0 Å². The number of thiazole rings is 1. The Kier molecular flexibility index (Phi) is 5.16. The van der Waals surface area contributed by atoms with Crippen molar-refractivity contribution >= 4 is 28.6 Å². The molecular formula is C18H23N3O2S. The van der Waals surface area contributed by atoms with Crippen molar-refractivity contribution in [3.63, 3.8) is 0 Å². The van der Waals surface area contributed by atoms with Crippen LogP contribution in [-0.4, -0.2) is 35.2 Å². The van der Waals surface area contributed by atoms with E-state index < -0.39 is 0 Å². The van der Waals surface area contributed by atoms with Gasteiger partial charge in [-0.25, -0.2) is 4.98 Å². The molecule has 1 amide bonds. The minimum Gasteiger partial charge on any atom is -0.393 e. The Balaban J connectivity index is 1.76. The molecule has 0 unspecified atom stereocenters. The van der Waals surface area contributed by atoms with Crippen molar-refractivity contribution in [1.82, 2.24) is 4.98 Å². The molecule has 3 rings (SSSR count). The molecule has 1 fully saturated rings. The summed E-state index contributed by atoms with van der Waals surface area (Å²) >= 11 is 1.44. The van der Waals surface area contributed by atoms with Crippen LogP contribution in [0.15, 0.2) is 30.5 Å². The fraction of sp³-hybridized carbons (Fsp3) is 0.444. The molecule has 24 heavy (non-hydrogen) atoms. The third kappa shape index (κ3) is 3.76. The van der Waals surface area contributed by atoms with E-state index in [2.05, 4.69) is 29.0 Å². The second-order valence-electron chi connectivity index (χ2n) is 6.41. The summed E-state index contributed by atoms with van der Waals surface area (Å²) in [6.45, 7) is 5.74. The zero-order valence-corrected chi connectivity index (χ0v) is 14.8. The predicted octanol–water partition coefficient (Wildman–Crippen LogP) is 3.48. The van der Waals surface area contributed by atoms with Crippen molar-refractivity contribution in [3.05, 3.63) is 40.3 Å². The minimum absolute atomic E-state index is 0.121. The van der Waals surface area contributed by atoms with Crippen LogP contribution in [0.25, 0.3) is 0 Å². The number of hydrogen-bond donors (Lipinski definition) is 2. The summed E-state index contributed by atoms with van der Waals surface area (Å²) in [5.74, 6) is 0.201. The van der Waals surface area contributed by atoms with Crippen LogP contribution < -0.4 is 10.2 Å². The maximum atomic E-state index is 12.5. The van der Waals surface area contributed by atoms with Crippen LogP contribution in [0.4, 0.5) is 11.4 Å². The van der Waals surface area contributed by atoms with E-state index in [0.29, 0.717) is 10.8 Å². The standard InChI is InChI=1S/C18H23N3O2S/c1-12(2)18-19-11-16(24-18)17(23)20-14-5-3-4-6-15(14)21-9-7-13(22)8-10-21/h3-6,11-13,22H,7-10H2,1-2H3,(H,20,23). The predicted molar refractivity (Wildman–Crippen MR) is 98.1 cm³/mol. The first-order chi connectivity index (χ1) is 11.5. The van der Waals surface area contributed by atoms with E-state index in [0.717, 1.165) is 42.3 Å². The van der Waals surface area contributed by atoms with Crippen LogP contribution in [0.5, 0.6) is 0 Å². The third-order valence-electron chi connectivity index (χ3n) is 4.20. The van der Waals surface area contributed by atoms with Crippen molar-refractivity contribution < 1.29 is 9.90 Å². The number of piperidine rings is 1. The van der Waals surface area contributed by atoms with Gasteiger partial charge < -0.3 is 15.3 Å². The first-order valence-corrected chi connectivity index (χ1v) is 9.15. The van der Waals surface area contributed by atoms with Gasteiger partial charge in [-0.3, -0.25) is 4.79 Å². The number of amides is 1. The Bertz CT molecular complexity index is 706. The zero-order valence-electron chi connectivity index (χ0n) is 14.0. The molecule has 1 aliphatic heterocycles. The lowest BCUT2D eigenvalue weighted by molar-refractivity contribution is 0.103. The van der Waals surface area contributed by atoms with Gasteiger partial charge in [-0.1, -0.05) is 26.0 Å². The summed E-state index contributed by atoms with van der Waals surface area (Å²) in [5, 5.41) is 13.7. The number of carbonyl (C=O) groups excluding carboxylic acids is 1. The van der Waals surface area contributed by atoms with Crippen molar-refractivity contribution in [2.24, 2.45) is 0 Å². The van der Waals surface area contributed by atoms with Crippen LogP contribution in [0.1, 0.15) is 47.3 Å². The molecule has 0 bridgehead atoms. The van der Waals surface area contributed by atoms with Gasteiger partial charge in [0.25, 0.3) is 5.91 Å². The van der Waals surface area contributed by atoms with E-state index in [9.17, 15) is 9.90 Å². The van der Waals surface area contributed by atoms with Gasteiger partial charge in [0.05, 0.1) is 28.7 Å². The molecule has 1 saturated heterocycles. The molecule has 6 heteroatoms. The number of hydrogen-bond acceptors (Lipinski definition) is 5. The number of aromatic nitrogens is 1. The second-order valence-corrected chi connectivity index (χ2v) is 7.47. The highest BCUT2D eigenvalue weighted by atomic mass is 32.1. The summed E-state index contributed by atoms with van der Waals surface area (Å²) in [4.78, 5) is 19.7.